The second kappa shape index (κ2) is 10.3. The molecule has 2 amide bonds. The molecule has 0 saturated carbocycles. The fraction of sp³-hybridized carbons (Fsp3) is 0.391. The highest BCUT2D eigenvalue weighted by atomic mass is 32.2. The SMILES string of the molecule is Cc1ccc(SCCC(=O)Nc2ccccc2C(=O)N2CCCCCC2)cc1. The van der Waals surface area contributed by atoms with Gasteiger partial charge < -0.3 is 10.2 Å². The summed E-state index contributed by atoms with van der Waals surface area (Å²) in [5.41, 5.74) is 2.43. The molecular formula is C23H28N2O2S. The first kappa shape index (κ1) is 20.5. The molecule has 1 heterocycles. The Kier molecular flexibility index (Phi) is 7.54. The molecule has 1 aliphatic rings. The van der Waals surface area contributed by atoms with E-state index in [0.717, 1.165) is 30.8 Å². The number of anilines is 1. The van der Waals surface area contributed by atoms with Crippen LogP contribution in [0.1, 0.15) is 48.0 Å². The summed E-state index contributed by atoms with van der Waals surface area (Å²) in [5.74, 6) is 0.666. The zero-order chi connectivity index (χ0) is 19.8. The number of para-hydroxylation sites is 1. The van der Waals surface area contributed by atoms with Gasteiger partial charge in [-0.25, -0.2) is 0 Å². The van der Waals surface area contributed by atoms with Crippen molar-refractivity contribution in [2.45, 2.75) is 43.9 Å². The molecule has 28 heavy (non-hydrogen) atoms. The highest BCUT2D eigenvalue weighted by Crippen LogP contribution is 2.22. The summed E-state index contributed by atoms with van der Waals surface area (Å²) >= 11 is 1.67. The second-order valence-electron chi connectivity index (χ2n) is 7.21. The average Bonchev–Trinajstić information content (AvgIpc) is 2.99. The zero-order valence-corrected chi connectivity index (χ0v) is 17.3. The number of nitrogens with one attached hydrogen (secondary N) is 1. The van der Waals surface area contributed by atoms with Crippen LogP contribution in [0.4, 0.5) is 5.69 Å². The average molecular weight is 397 g/mol. The number of rotatable bonds is 6. The van der Waals surface area contributed by atoms with Gasteiger partial charge in [0.15, 0.2) is 0 Å². The summed E-state index contributed by atoms with van der Waals surface area (Å²) in [6.07, 6.45) is 4.87. The maximum atomic E-state index is 13.0. The molecule has 0 atom stereocenters. The normalized spacial score (nSPS) is 14.4. The number of likely N-dealkylation sites (tertiary alicyclic amines) is 1. The van der Waals surface area contributed by atoms with E-state index in [0.29, 0.717) is 23.4 Å². The molecule has 1 saturated heterocycles. The van der Waals surface area contributed by atoms with Crippen molar-refractivity contribution in [3.05, 3.63) is 59.7 Å². The molecule has 4 nitrogen and oxygen atoms in total. The van der Waals surface area contributed by atoms with Gasteiger partial charge >= 0.3 is 0 Å². The number of benzene rings is 2. The smallest absolute Gasteiger partial charge is 0.255 e. The molecule has 0 radical (unpaired) electrons. The Morgan fingerprint density at radius 3 is 2.36 bits per heavy atom. The van der Waals surface area contributed by atoms with Crippen LogP contribution in [0.5, 0.6) is 0 Å². The van der Waals surface area contributed by atoms with E-state index in [9.17, 15) is 9.59 Å². The molecule has 0 aliphatic carbocycles. The van der Waals surface area contributed by atoms with Gasteiger partial charge in [0.05, 0.1) is 11.3 Å². The number of aryl methyl sites for hydroxylation is 1. The molecule has 148 valence electrons. The predicted molar refractivity (Wildman–Crippen MR) is 116 cm³/mol. The molecule has 1 fully saturated rings. The van der Waals surface area contributed by atoms with E-state index in [1.165, 1.54) is 18.4 Å². The second-order valence-corrected chi connectivity index (χ2v) is 8.38. The molecule has 0 bridgehead atoms. The van der Waals surface area contributed by atoms with Gasteiger partial charge in [0.2, 0.25) is 5.91 Å². The lowest BCUT2D eigenvalue weighted by atomic mass is 10.1. The number of thioether (sulfide) groups is 1. The lowest BCUT2D eigenvalue weighted by molar-refractivity contribution is -0.115. The number of hydrogen-bond acceptors (Lipinski definition) is 3. The third-order valence-electron chi connectivity index (χ3n) is 4.94. The summed E-state index contributed by atoms with van der Waals surface area (Å²) in [6.45, 7) is 3.66. The van der Waals surface area contributed by atoms with Crippen molar-refractivity contribution in [1.29, 1.82) is 0 Å². The van der Waals surface area contributed by atoms with E-state index >= 15 is 0 Å². The van der Waals surface area contributed by atoms with Crippen molar-refractivity contribution in [1.82, 2.24) is 4.90 Å². The summed E-state index contributed by atoms with van der Waals surface area (Å²) < 4.78 is 0. The topological polar surface area (TPSA) is 49.4 Å². The van der Waals surface area contributed by atoms with E-state index in [1.807, 2.05) is 29.2 Å². The molecule has 1 aliphatic heterocycles. The fourth-order valence-electron chi connectivity index (χ4n) is 3.33. The quantitative estimate of drug-likeness (QED) is 0.689. The van der Waals surface area contributed by atoms with Crippen molar-refractivity contribution in [2.24, 2.45) is 0 Å². The van der Waals surface area contributed by atoms with Crippen LogP contribution in [0.25, 0.3) is 0 Å². The van der Waals surface area contributed by atoms with Crippen molar-refractivity contribution in [3.8, 4) is 0 Å². The largest absolute Gasteiger partial charge is 0.339 e. The van der Waals surface area contributed by atoms with Gasteiger partial charge in [-0.1, -0.05) is 42.7 Å². The van der Waals surface area contributed by atoms with Gasteiger partial charge in [-0.15, -0.1) is 11.8 Å². The molecule has 2 aromatic rings. The first-order chi connectivity index (χ1) is 13.6. The van der Waals surface area contributed by atoms with Crippen LogP contribution < -0.4 is 5.32 Å². The molecule has 3 rings (SSSR count). The fourth-order valence-corrected chi connectivity index (χ4v) is 4.18. The van der Waals surface area contributed by atoms with E-state index in [4.69, 9.17) is 0 Å². The van der Waals surface area contributed by atoms with Gasteiger partial charge in [-0.3, -0.25) is 9.59 Å². The van der Waals surface area contributed by atoms with Gasteiger partial charge in [-0.2, -0.15) is 0 Å². The molecular weight excluding hydrogens is 368 g/mol. The number of nitrogens with zero attached hydrogens (tertiary/aromatic N) is 1. The van der Waals surface area contributed by atoms with Crippen LogP contribution in [0.2, 0.25) is 0 Å². The Balaban J connectivity index is 1.56. The molecule has 2 aromatic carbocycles. The molecule has 0 unspecified atom stereocenters. The van der Waals surface area contributed by atoms with Crippen LogP contribution in [-0.2, 0) is 4.79 Å². The summed E-state index contributed by atoms with van der Waals surface area (Å²) in [4.78, 5) is 28.4. The van der Waals surface area contributed by atoms with Crippen molar-refractivity contribution >= 4 is 29.3 Å². The summed E-state index contributed by atoms with van der Waals surface area (Å²) in [7, 11) is 0. The predicted octanol–water partition coefficient (Wildman–Crippen LogP) is 5.13. The van der Waals surface area contributed by atoms with Crippen LogP contribution in [0.3, 0.4) is 0 Å². The van der Waals surface area contributed by atoms with Crippen molar-refractivity contribution in [2.75, 3.05) is 24.2 Å². The van der Waals surface area contributed by atoms with Gasteiger partial charge in [0.1, 0.15) is 0 Å². The maximum absolute atomic E-state index is 13.0. The van der Waals surface area contributed by atoms with Crippen LogP contribution in [0.15, 0.2) is 53.4 Å². The first-order valence-corrected chi connectivity index (χ1v) is 11.0. The Morgan fingerprint density at radius 2 is 1.64 bits per heavy atom. The van der Waals surface area contributed by atoms with Gasteiger partial charge in [0, 0.05) is 30.2 Å². The first-order valence-electron chi connectivity index (χ1n) is 10.0. The monoisotopic (exact) mass is 396 g/mol. The summed E-state index contributed by atoms with van der Waals surface area (Å²) in [6, 6.07) is 15.6. The lowest BCUT2D eigenvalue weighted by Crippen LogP contribution is -2.32. The minimum atomic E-state index is -0.0595. The number of carbonyl (C=O) groups is 2. The molecule has 0 spiro atoms. The standard InChI is InChI=1S/C23H28N2O2S/c1-18-10-12-19(13-11-18)28-17-14-22(26)24-21-9-5-4-8-20(21)23(27)25-15-6-2-3-7-16-25/h4-5,8-13H,2-3,6-7,14-17H2,1H3,(H,24,26). The highest BCUT2D eigenvalue weighted by Gasteiger charge is 2.20. The number of amides is 2. The van der Waals surface area contributed by atoms with Crippen molar-refractivity contribution in [3.63, 3.8) is 0 Å². The Hall–Kier alpha value is -2.27. The Bertz CT molecular complexity index is 797. The van der Waals surface area contributed by atoms with Gasteiger partial charge in [0.25, 0.3) is 5.91 Å². The highest BCUT2D eigenvalue weighted by molar-refractivity contribution is 7.99. The third-order valence-corrected chi connectivity index (χ3v) is 5.96. The van der Waals surface area contributed by atoms with Crippen LogP contribution in [-0.4, -0.2) is 35.6 Å². The van der Waals surface area contributed by atoms with Crippen LogP contribution >= 0.6 is 11.8 Å². The molecule has 0 aromatic heterocycles. The third kappa shape index (κ3) is 5.86. The maximum Gasteiger partial charge on any atom is 0.255 e. The summed E-state index contributed by atoms with van der Waals surface area (Å²) in [5, 5.41) is 2.94. The Labute approximate surface area is 171 Å². The van der Waals surface area contributed by atoms with E-state index in [2.05, 4.69) is 36.5 Å². The minimum absolute atomic E-state index is 0.0202. The van der Waals surface area contributed by atoms with E-state index in [-0.39, 0.29) is 11.8 Å². The van der Waals surface area contributed by atoms with Crippen LogP contribution in [0, 0.1) is 6.92 Å². The number of hydrogen-bond donors (Lipinski definition) is 1. The molecule has 1 N–H and O–H groups in total. The van der Waals surface area contributed by atoms with E-state index < -0.39 is 0 Å². The zero-order valence-electron chi connectivity index (χ0n) is 16.4. The van der Waals surface area contributed by atoms with Crippen molar-refractivity contribution < 1.29 is 9.59 Å². The lowest BCUT2D eigenvalue weighted by Gasteiger charge is -2.22. The van der Waals surface area contributed by atoms with E-state index in [1.54, 1.807) is 11.8 Å². The number of carbonyl (C=O) groups excluding carboxylic acids is 2. The Morgan fingerprint density at radius 1 is 0.964 bits per heavy atom. The molecule has 5 heteroatoms. The van der Waals surface area contributed by atoms with Gasteiger partial charge in [-0.05, 0) is 44.0 Å². The minimum Gasteiger partial charge on any atom is -0.339 e.